The lowest BCUT2D eigenvalue weighted by atomic mass is 9.75. The molecule has 3 rings (SSSR count). The van der Waals surface area contributed by atoms with Crippen LogP contribution in [0.25, 0.3) is 0 Å². The second-order valence-corrected chi connectivity index (χ2v) is 13.5. The average Bonchev–Trinajstić information content (AvgIpc) is 2.58. The van der Waals surface area contributed by atoms with Gasteiger partial charge >= 0.3 is 15.6 Å². The minimum absolute atomic E-state index is 0.0420. The second-order valence-electron chi connectivity index (χ2n) is 8.36. The first-order valence-electron chi connectivity index (χ1n) is 9.34. The van der Waals surface area contributed by atoms with Gasteiger partial charge in [-0.15, -0.1) is 0 Å². The van der Waals surface area contributed by atoms with Gasteiger partial charge < -0.3 is 4.74 Å². The molecule has 0 aromatic heterocycles. The highest BCUT2D eigenvalue weighted by Crippen LogP contribution is 2.70. The lowest BCUT2D eigenvalue weighted by Crippen LogP contribution is -2.54. The molecule has 2 aliphatic rings. The molecule has 0 radical (unpaired) electrons. The molecule has 1 aromatic carbocycles. The van der Waals surface area contributed by atoms with Gasteiger partial charge in [0.15, 0.2) is 0 Å². The summed E-state index contributed by atoms with van der Waals surface area (Å²) in [7, 11) is -8.53. The first-order valence-corrected chi connectivity index (χ1v) is 12.6. The van der Waals surface area contributed by atoms with Crippen molar-refractivity contribution in [1.29, 1.82) is 0 Å². The van der Waals surface area contributed by atoms with E-state index in [0.29, 0.717) is 5.92 Å². The molecule has 160 valence electrons. The molecule has 1 aromatic rings. The van der Waals surface area contributed by atoms with E-state index in [4.69, 9.17) is 8.37 Å². The third-order valence-electron chi connectivity index (χ3n) is 6.12. The Hall–Kier alpha value is -0.770. The molecule has 28 heavy (non-hydrogen) atoms. The largest absolute Gasteiger partial charge is 0.523 e. The van der Waals surface area contributed by atoms with Gasteiger partial charge in [0, 0.05) is 10.5 Å². The number of halogens is 3. The Balaban J connectivity index is 2.03. The van der Waals surface area contributed by atoms with Gasteiger partial charge in [-0.2, -0.15) is 21.6 Å². The number of fused-ring (bicyclic) bond motifs is 1. The molecule has 1 saturated heterocycles. The zero-order chi connectivity index (χ0) is 20.8. The normalized spacial score (nSPS) is 35.6. The monoisotopic (exact) mass is 440 g/mol. The molecule has 0 bridgehead atoms. The molecule has 0 N–H and O–H groups in total. The molecule has 2 fully saturated rings. The van der Waals surface area contributed by atoms with Crippen LogP contribution in [0, 0.1) is 11.8 Å². The predicted octanol–water partition coefficient (Wildman–Crippen LogP) is 5.34. The van der Waals surface area contributed by atoms with Crippen molar-refractivity contribution >= 4 is 20.4 Å². The Kier molecular flexibility index (Phi) is 5.86. The van der Waals surface area contributed by atoms with Gasteiger partial charge in [-0.25, -0.2) is 3.63 Å². The number of rotatable bonds is 4. The number of alkyl halides is 3. The van der Waals surface area contributed by atoms with Crippen LogP contribution in [0.4, 0.5) is 13.2 Å². The van der Waals surface area contributed by atoms with E-state index in [1.54, 1.807) is 30.3 Å². The fraction of sp³-hybridized carbons (Fsp3) is 0.684. The molecular weight excluding hydrogens is 413 g/mol. The van der Waals surface area contributed by atoms with Crippen molar-refractivity contribution in [3.63, 3.8) is 0 Å². The summed E-state index contributed by atoms with van der Waals surface area (Å²) in [6.07, 6.45) is 2.49. The van der Waals surface area contributed by atoms with Gasteiger partial charge in [0.05, 0.1) is 12.0 Å². The molecule has 4 nitrogen and oxygen atoms in total. The van der Waals surface area contributed by atoms with E-state index in [-0.39, 0.29) is 23.7 Å². The maximum Gasteiger partial charge on any atom is 0.523 e. The third-order valence-corrected chi connectivity index (χ3v) is 12.0. The Morgan fingerprint density at radius 2 is 1.86 bits per heavy atom. The molecule has 1 saturated carbocycles. The van der Waals surface area contributed by atoms with Crippen LogP contribution >= 0.6 is 10.3 Å². The molecule has 0 amide bonds. The van der Waals surface area contributed by atoms with Crippen molar-refractivity contribution in [3.8, 4) is 0 Å². The van der Waals surface area contributed by atoms with Crippen molar-refractivity contribution in [2.24, 2.45) is 11.8 Å². The lowest BCUT2D eigenvalue weighted by molar-refractivity contribution is -0.0515. The van der Waals surface area contributed by atoms with Gasteiger partial charge in [-0.05, 0) is 44.1 Å². The fourth-order valence-corrected chi connectivity index (χ4v) is 9.78. The standard InChI is InChI=1S/C19H27F3O4S2/c1-14-9-10-16-17(11-14)25-13-27(18(16,2)3,12-15-7-5-4-6-8-15)26-28(23,24)19(20,21)22/h4-8,14,16-17H,9-13H2,1-3H3/t14-,16-,17-/m1/s1. The highest BCUT2D eigenvalue weighted by molar-refractivity contribution is 8.33. The summed E-state index contributed by atoms with van der Waals surface area (Å²) >= 11 is 0. The van der Waals surface area contributed by atoms with Crippen LogP contribution in [-0.2, 0) is 24.2 Å². The summed E-state index contributed by atoms with van der Waals surface area (Å²) in [4.78, 5) is 0. The first kappa shape index (κ1) is 21.9. The molecular formula is C19H27F3O4S2. The van der Waals surface area contributed by atoms with Crippen LogP contribution in [0.15, 0.2) is 30.3 Å². The summed E-state index contributed by atoms with van der Waals surface area (Å²) < 4.78 is 74.0. The molecule has 1 aliphatic heterocycles. The van der Waals surface area contributed by atoms with E-state index in [1.165, 1.54) is 0 Å². The zero-order valence-electron chi connectivity index (χ0n) is 16.2. The smallest absolute Gasteiger partial charge is 0.367 e. The Labute approximate surface area is 166 Å². The van der Waals surface area contributed by atoms with Gasteiger partial charge in [-0.3, -0.25) is 0 Å². The Bertz CT molecular complexity index is 795. The quantitative estimate of drug-likeness (QED) is 0.593. The molecule has 0 spiro atoms. The number of benzene rings is 1. The molecule has 1 unspecified atom stereocenters. The van der Waals surface area contributed by atoms with Gasteiger partial charge in [0.1, 0.15) is 0 Å². The van der Waals surface area contributed by atoms with Gasteiger partial charge in [-0.1, -0.05) is 54.0 Å². The summed E-state index contributed by atoms with van der Waals surface area (Å²) in [5, 5.41) is 0. The molecule has 9 heteroatoms. The van der Waals surface area contributed by atoms with Crippen LogP contribution in [0.5, 0.6) is 0 Å². The van der Waals surface area contributed by atoms with Gasteiger partial charge in [0.25, 0.3) is 0 Å². The van der Waals surface area contributed by atoms with E-state index in [1.807, 2.05) is 13.8 Å². The summed E-state index contributed by atoms with van der Waals surface area (Å²) in [5.74, 6) is 0.431. The van der Waals surface area contributed by atoms with E-state index < -0.39 is 30.7 Å². The van der Waals surface area contributed by atoms with E-state index in [0.717, 1.165) is 24.8 Å². The van der Waals surface area contributed by atoms with E-state index >= 15 is 0 Å². The van der Waals surface area contributed by atoms with E-state index in [2.05, 4.69) is 6.92 Å². The predicted molar refractivity (Wildman–Crippen MR) is 104 cm³/mol. The van der Waals surface area contributed by atoms with Crippen molar-refractivity contribution in [3.05, 3.63) is 35.9 Å². The molecule has 1 heterocycles. The van der Waals surface area contributed by atoms with Crippen LogP contribution in [0.1, 0.15) is 45.6 Å². The fourth-order valence-electron chi connectivity index (χ4n) is 4.35. The highest BCUT2D eigenvalue weighted by atomic mass is 32.3. The van der Waals surface area contributed by atoms with Crippen LogP contribution in [0.2, 0.25) is 0 Å². The second kappa shape index (κ2) is 7.49. The van der Waals surface area contributed by atoms with Gasteiger partial charge in [0.2, 0.25) is 0 Å². The summed E-state index contributed by atoms with van der Waals surface area (Å²) in [6, 6.07) is 8.93. The Morgan fingerprint density at radius 1 is 1.21 bits per heavy atom. The number of hydrogen-bond acceptors (Lipinski definition) is 4. The highest BCUT2D eigenvalue weighted by Gasteiger charge is 2.60. The number of hydrogen-bond donors (Lipinski definition) is 0. The molecule has 4 atom stereocenters. The number of ether oxygens (including phenoxy) is 1. The zero-order valence-corrected chi connectivity index (χ0v) is 17.9. The maximum absolute atomic E-state index is 13.2. The van der Waals surface area contributed by atoms with Crippen molar-refractivity contribution in [2.45, 2.75) is 62.1 Å². The summed E-state index contributed by atoms with van der Waals surface area (Å²) in [5.41, 5.74) is -4.72. The van der Waals surface area contributed by atoms with Crippen molar-refractivity contribution < 1.29 is 30.0 Å². The lowest BCUT2D eigenvalue weighted by Gasteiger charge is -2.60. The van der Waals surface area contributed by atoms with Crippen LogP contribution in [-0.4, -0.2) is 30.7 Å². The van der Waals surface area contributed by atoms with E-state index in [9.17, 15) is 21.6 Å². The molecule has 1 aliphatic carbocycles. The summed E-state index contributed by atoms with van der Waals surface area (Å²) in [6.45, 7) is 5.84. The van der Waals surface area contributed by atoms with Crippen LogP contribution in [0.3, 0.4) is 0 Å². The van der Waals surface area contributed by atoms with Crippen molar-refractivity contribution in [2.75, 3.05) is 5.94 Å². The Morgan fingerprint density at radius 3 is 2.46 bits per heavy atom. The maximum atomic E-state index is 13.2. The topological polar surface area (TPSA) is 52.6 Å². The van der Waals surface area contributed by atoms with Crippen LogP contribution < -0.4 is 0 Å². The van der Waals surface area contributed by atoms with Crippen molar-refractivity contribution in [1.82, 2.24) is 0 Å². The average molecular weight is 441 g/mol. The third kappa shape index (κ3) is 3.95. The SMILES string of the molecule is C[C@@H]1CC[C@@H]2[C@@H](C1)OCS(Cc1ccccc1)(OS(=O)(=O)C(F)(F)F)C2(C)C. The first-order chi connectivity index (χ1) is 12.9. The minimum atomic E-state index is -5.74. The minimum Gasteiger partial charge on any atom is -0.367 e.